The third-order valence-electron chi connectivity index (χ3n) is 7.20. The third kappa shape index (κ3) is 8.59. The molecule has 4 aromatic carbocycles. The van der Waals surface area contributed by atoms with Gasteiger partial charge in [0.15, 0.2) is 9.84 Å². The molecule has 0 aliphatic carbocycles. The molecule has 1 N–H and O–H groups in total. The standard InChI is InChI=1S/C33H32ClF4NO4S/c1-44(41,42)31-19-26(18-30(35)28(31)22-40)43-17-9-16-39(20-25-14-8-15-29(32(25)34)33(36,37)38)21-27(23-10-4-2-5-11-23)24-12-6-3-7-13-24/h2-8,10-15,18-19,27,40H,9,16-17,20-22H2,1H3. The lowest BCUT2D eigenvalue weighted by molar-refractivity contribution is -0.137. The van der Waals surface area contributed by atoms with E-state index in [0.717, 1.165) is 29.5 Å². The van der Waals surface area contributed by atoms with Gasteiger partial charge in [-0.2, -0.15) is 13.2 Å². The second-order valence-electron chi connectivity index (χ2n) is 10.4. The topological polar surface area (TPSA) is 66.8 Å². The van der Waals surface area contributed by atoms with E-state index in [1.54, 1.807) is 6.07 Å². The zero-order valence-corrected chi connectivity index (χ0v) is 25.5. The summed E-state index contributed by atoms with van der Waals surface area (Å²) in [6.45, 7) is 0.218. The van der Waals surface area contributed by atoms with E-state index in [0.29, 0.717) is 25.1 Å². The molecule has 0 atom stereocenters. The summed E-state index contributed by atoms with van der Waals surface area (Å²) in [5, 5.41) is 9.09. The number of hydrogen-bond acceptors (Lipinski definition) is 5. The summed E-state index contributed by atoms with van der Waals surface area (Å²) in [5.74, 6) is -1.03. The monoisotopic (exact) mass is 649 g/mol. The molecule has 0 heterocycles. The van der Waals surface area contributed by atoms with Gasteiger partial charge in [-0.05, 0) is 35.2 Å². The molecule has 0 spiro atoms. The van der Waals surface area contributed by atoms with Crippen LogP contribution in [0.15, 0.2) is 95.9 Å². The van der Waals surface area contributed by atoms with Crippen molar-refractivity contribution >= 4 is 21.4 Å². The molecule has 0 aliphatic rings. The van der Waals surface area contributed by atoms with Crippen LogP contribution in [0.2, 0.25) is 5.02 Å². The Morgan fingerprint density at radius 3 is 2.09 bits per heavy atom. The number of benzene rings is 4. The number of hydrogen-bond donors (Lipinski definition) is 1. The van der Waals surface area contributed by atoms with Crippen LogP contribution in [-0.2, 0) is 29.2 Å². The first-order valence-corrected chi connectivity index (χ1v) is 16.1. The Hall–Kier alpha value is -3.44. The number of aliphatic hydroxyl groups is 1. The van der Waals surface area contributed by atoms with Crippen LogP contribution in [0.4, 0.5) is 17.6 Å². The molecule has 11 heteroatoms. The molecular formula is C33H32ClF4NO4S. The van der Waals surface area contributed by atoms with Crippen LogP contribution in [0.25, 0.3) is 0 Å². The Balaban J connectivity index is 1.59. The van der Waals surface area contributed by atoms with Crippen LogP contribution in [0.1, 0.15) is 40.2 Å². The van der Waals surface area contributed by atoms with Crippen LogP contribution < -0.4 is 4.74 Å². The summed E-state index contributed by atoms with van der Waals surface area (Å²) in [6, 6.07) is 25.6. The van der Waals surface area contributed by atoms with Crippen molar-refractivity contribution in [3.63, 3.8) is 0 Å². The van der Waals surface area contributed by atoms with Crippen molar-refractivity contribution in [2.24, 2.45) is 0 Å². The summed E-state index contributed by atoms with van der Waals surface area (Å²) in [7, 11) is -3.83. The van der Waals surface area contributed by atoms with Gasteiger partial charge in [-0.1, -0.05) is 84.4 Å². The van der Waals surface area contributed by atoms with Crippen molar-refractivity contribution in [2.75, 3.05) is 26.0 Å². The van der Waals surface area contributed by atoms with E-state index in [1.165, 1.54) is 12.1 Å². The van der Waals surface area contributed by atoms with E-state index in [9.17, 15) is 31.1 Å². The molecule has 0 saturated heterocycles. The highest BCUT2D eigenvalue weighted by molar-refractivity contribution is 7.90. The minimum atomic E-state index is -4.60. The lowest BCUT2D eigenvalue weighted by atomic mass is 9.90. The number of aliphatic hydroxyl groups excluding tert-OH is 1. The molecule has 4 rings (SSSR count). The summed E-state index contributed by atoms with van der Waals surface area (Å²) < 4.78 is 85.4. The number of rotatable bonds is 13. The van der Waals surface area contributed by atoms with Gasteiger partial charge in [-0.3, -0.25) is 4.90 Å². The molecule has 44 heavy (non-hydrogen) atoms. The second-order valence-corrected chi connectivity index (χ2v) is 12.8. The van der Waals surface area contributed by atoms with Crippen molar-refractivity contribution in [1.29, 1.82) is 0 Å². The van der Waals surface area contributed by atoms with Crippen molar-refractivity contribution in [1.82, 2.24) is 4.90 Å². The Morgan fingerprint density at radius 1 is 0.932 bits per heavy atom. The molecule has 4 aromatic rings. The van der Waals surface area contributed by atoms with Crippen LogP contribution in [0.3, 0.4) is 0 Å². The summed E-state index contributed by atoms with van der Waals surface area (Å²) in [5.41, 5.74) is 1.14. The average Bonchev–Trinajstić information content (AvgIpc) is 2.98. The van der Waals surface area contributed by atoms with Crippen LogP contribution in [-0.4, -0.2) is 44.4 Å². The van der Waals surface area contributed by atoms with Gasteiger partial charge in [0.1, 0.15) is 11.6 Å². The predicted molar refractivity (Wildman–Crippen MR) is 162 cm³/mol. The molecule has 0 aromatic heterocycles. The van der Waals surface area contributed by atoms with Crippen LogP contribution >= 0.6 is 11.6 Å². The van der Waals surface area contributed by atoms with Gasteiger partial charge >= 0.3 is 6.18 Å². The highest BCUT2D eigenvalue weighted by Crippen LogP contribution is 2.37. The average molecular weight is 650 g/mol. The van der Waals surface area contributed by atoms with Gasteiger partial charge in [0.25, 0.3) is 0 Å². The largest absolute Gasteiger partial charge is 0.493 e. The molecule has 0 saturated carbocycles. The number of alkyl halides is 3. The summed E-state index contributed by atoms with van der Waals surface area (Å²) in [6.07, 6.45) is -3.31. The summed E-state index contributed by atoms with van der Waals surface area (Å²) in [4.78, 5) is 1.64. The predicted octanol–water partition coefficient (Wildman–Crippen LogP) is 7.50. The fraction of sp³-hybridized carbons (Fsp3) is 0.273. The molecule has 5 nitrogen and oxygen atoms in total. The lowest BCUT2D eigenvalue weighted by Crippen LogP contribution is -2.31. The molecule has 0 unspecified atom stereocenters. The fourth-order valence-electron chi connectivity index (χ4n) is 5.06. The number of nitrogens with zero attached hydrogens (tertiary/aromatic N) is 1. The molecule has 0 aliphatic heterocycles. The summed E-state index contributed by atoms with van der Waals surface area (Å²) >= 11 is 6.27. The SMILES string of the molecule is CS(=O)(=O)c1cc(OCCCN(Cc2cccc(C(F)(F)F)c2Cl)CC(c2ccccc2)c2ccccc2)cc(F)c1CO. The van der Waals surface area contributed by atoms with Gasteiger partial charge in [0.2, 0.25) is 0 Å². The minimum Gasteiger partial charge on any atom is -0.493 e. The molecule has 0 radical (unpaired) electrons. The maximum atomic E-state index is 14.5. The van der Waals surface area contributed by atoms with Crippen LogP contribution in [0.5, 0.6) is 5.75 Å². The quantitative estimate of drug-likeness (QED) is 0.120. The van der Waals surface area contributed by atoms with E-state index in [4.69, 9.17) is 16.3 Å². The molecule has 0 bridgehead atoms. The van der Waals surface area contributed by atoms with E-state index >= 15 is 0 Å². The van der Waals surface area contributed by atoms with Crippen molar-refractivity contribution in [3.8, 4) is 5.75 Å². The first kappa shape index (κ1) is 33.5. The van der Waals surface area contributed by atoms with Crippen molar-refractivity contribution in [3.05, 3.63) is 130 Å². The van der Waals surface area contributed by atoms with Crippen LogP contribution in [0, 0.1) is 5.82 Å². The normalized spacial score (nSPS) is 12.2. The zero-order chi connectivity index (χ0) is 31.9. The van der Waals surface area contributed by atoms with E-state index in [2.05, 4.69) is 0 Å². The zero-order valence-electron chi connectivity index (χ0n) is 23.9. The van der Waals surface area contributed by atoms with Crippen molar-refractivity contribution in [2.45, 2.75) is 36.6 Å². The van der Waals surface area contributed by atoms with E-state index in [1.807, 2.05) is 65.6 Å². The molecule has 234 valence electrons. The minimum absolute atomic E-state index is 0.0148. The Bertz CT molecular complexity index is 1610. The van der Waals surface area contributed by atoms with E-state index < -0.39 is 34.0 Å². The fourth-order valence-corrected chi connectivity index (χ4v) is 6.30. The van der Waals surface area contributed by atoms with Gasteiger partial charge in [0.05, 0.1) is 28.7 Å². The molecule has 0 amide bonds. The number of ether oxygens (including phenoxy) is 1. The van der Waals surface area contributed by atoms with Gasteiger partial charge in [-0.25, -0.2) is 12.8 Å². The van der Waals surface area contributed by atoms with Gasteiger partial charge in [-0.15, -0.1) is 0 Å². The lowest BCUT2D eigenvalue weighted by Gasteiger charge is -2.29. The second kappa shape index (κ2) is 14.6. The first-order chi connectivity index (χ1) is 20.9. The van der Waals surface area contributed by atoms with Gasteiger partial charge in [0, 0.05) is 43.4 Å². The third-order valence-corrected chi connectivity index (χ3v) is 8.81. The highest BCUT2D eigenvalue weighted by Gasteiger charge is 2.34. The Labute approximate surface area is 259 Å². The number of sulfone groups is 1. The maximum absolute atomic E-state index is 14.5. The number of halogens is 5. The molecule has 0 fully saturated rings. The Kier molecular flexibility index (Phi) is 11.1. The van der Waals surface area contributed by atoms with Crippen molar-refractivity contribution < 1.29 is 35.8 Å². The smallest absolute Gasteiger partial charge is 0.417 e. The highest BCUT2D eigenvalue weighted by atomic mass is 35.5. The maximum Gasteiger partial charge on any atom is 0.417 e. The molecular weight excluding hydrogens is 618 g/mol. The first-order valence-electron chi connectivity index (χ1n) is 13.8. The van der Waals surface area contributed by atoms with E-state index in [-0.39, 0.29) is 40.3 Å². The van der Waals surface area contributed by atoms with Gasteiger partial charge < -0.3 is 9.84 Å². The Morgan fingerprint density at radius 2 is 1.55 bits per heavy atom.